The molecule has 7 heteroatoms. The summed E-state index contributed by atoms with van der Waals surface area (Å²) in [5.41, 5.74) is -1.17. The smallest absolute Gasteiger partial charge is 0.314 e. The number of amides is 1. The number of nitrogens with zero attached hydrogens (tertiary/aromatic N) is 1. The van der Waals surface area contributed by atoms with Crippen LogP contribution in [0.1, 0.15) is 37.7 Å². The van der Waals surface area contributed by atoms with Crippen molar-refractivity contribution in [2.24, 2.45) is 10.8 Å². The minimum atomic E-state index is -1.38. The first-order valence-corrected chi connectivity index (χ1v) is 10.4. The van der Waals surface area contributed by atoms with Gasteiger partial charge in [0.15, 0.2) is 0 Å². The van der Waals surface area contributed by atoms with E-state index in [1.54, 1.807) is 4.90 Å². The van der Waals surface area contributed by atoms with Crippen molar-refractivity contribution < 1.29 is 29.6 Å². The molecule has 0 aromatic heterocycles. The van der Waals surface area contributed by atoms with Crippen LogP contribution in [0.5, 0.6) is 0 Å². The molecule has 1 aromatic rings. The van der Waals surface area contributed by atoms with E-state index < -0.39 is 22.9 Å². The predicted molar refractivity (Wildman–Crippen MR) is 106 cm³/mol. The summed E-state index contributed by atoms with van der Waals surface area (Å²) in [5.74, 6) is -1.29. The molecular formula is C22H31NO6. The molecule has 2 atom stereocenters. The second-order valence-corrected chi connectivity index (χ2v) is 8.38. The summed E-state index contributed by atoms with van der Waals surface area (Å²) >= 11 is 0. The first-order valence-electron chi connectivity index (χ1n) is 10.4. The van der Waals surface area contributed by atoms with Gasteiger partial charge in [-0.15, -0.1) is 0 Å². The van der Waals surface area contributed by atoms with Crippen molar-refractivity contribution in [1.29, 1.82) is 0 Å². The second-order valence-electron chi connectivity index (χ2n) is 8.38. The molecule has 3 rings (SSSR count). The molecule has 1 aromatic carbocycles. The highest BCUT2D eigenvalue weighted by molar-refractivity contribution is 5.85. The number of piperidine rings is 1. The molecule has 0 spiro atoms. The van der Waals surface area contributed by atoms with Gasteiger partial charge in [-0.3, -0.25) is 9.59 Å². The van der Waals surface area contributed by atoms with Gasteiger partial charge in [0, 0.05) is 26.3 Å². The average Bonchev–Trinajstić information content (AvgIpc) is 2.75. The maximum absolute atomic E-state index is 13.3. The van der Waals surface area contributed by atoms with Crippen LogP contribution in [-0.4, -0.2) is 71.1 Å². The Kier molecular flexibility index (Phi) is 6.93. The normalized spacial score (nSPS) is 26.8. The monoisotopic (exact) mass is 405 g/mol. The number of carbonyl (C=O) groups excluding carboxylic acids is 1. The standard InChI is InChI=1S/C22H31NO6/c24-16-21(10-13-29-14-11-21)19(26)23-12-8-18(25)22(15-23,20(27)28)9-4-7-17-5-2-1-3-6-17/h1-3,5-6,18,24-25H,4,7-16H2,(H,27,28)/t18-,22-/m1/s1. The molecular weight excluding hydrogens is 374 g/mol. The summed E-state index contributed by atoms with van der Waals surface area (Å²) in [4.78, 5) is 27.1. The number of likely N-dealkylation sites (tertiary alicyclic amines) is 1. The minimum absolute atomic E-state index is 0.0280. The fraction of sp³-hybridized carbons (Fsp3) is 0.636. The van der Waals surface area contributed by atoms with Gasteiger partial charge in [-0.1, -0.05) is 30.3 Å². The molecule has 2 aliphatic rings. The van der Waals surface area contributed by atoms with E-state index in [-0.39, 0.29) is 31.9 Å². The molecule has 2 aliphatic heterocycles. The van der Waals surface area contributed by atoms with Crippen LogP contribution in [0.4, 0.5) is 0 Å². The Bertz CT molecular complexity index is 703. The van der Waals surface area contributed by atoms with Crippen LogP contribution in [-0.2, 0) is 20.7 Å². The van der Waals surface area contributed by atoms with Gasteiger partial charge in [-0.2, -0.15) is 0 Å². The van der Waals surface area contributed by atoms with Gasteiger partial charge in [0.05, 0.1) is 18.1 Å². The summed E-state index contributed by atoms with van der Waals surface area (Å²) in [6, 6.07) is 9.82. The summed E-state index contributed by atoms with van der Waals surface area (Å²) < 4.78 is 5.34. The molecule has 160 valence electrons. The van der Waals surface area contributed by atoms with Gasteiger partial charge >= 0.3 is 5.97 Å². The number of carbonyl (C=O) groups is 2. The third kappa shape index (κ3) is 4.47. The third-order valence-corrected chi connectivity index (χ3v) is 6.63. The Morgan fingerprint density at radius 2 is 1.86 bits per heavy atom. The minimum Gasteiger partial charge on any atom is -0.481 e. The van der Waals surface area contributed by atoms with E-state index in [0.717, 1.165) is 5.56 Å². The Morgan fingerprint density at radius 3 is 2.48 bits per heavy atom. The molecule has 29 heavy (non-hydrogen) atoms. The lowest BCUT2D eigenvalue weighted by Crippen LogP contribution is -2.60. The number of rotatable bonds is 7. The number of hydrogen-bond acceptors (Lipinski definition) is 5. The number of benzene rings is 1. The first kappa shape index (κ1) is 21.7. The van der Waals surface area contributed by atoms with Crippen molar-refractivity contribution in [2.45, 2.75) is 44.6 Å². The molecule has 0 unspecified atom stereocenters. The van der Waals surface area contributed by atoms with E-state index in [4.69, 9.17) is 4.74 Å². The molecule has 2 saturated heterocycles. The second kappa shape index (κ2) is 9.24. The molecule has 7 nitrogen and oxygen atoms in total. The molecule has 2 heterocycles. The Labute approximate surface area is 171 Å². The third-order valence-electron chi connectivity index (χ3n) is 6.63. The Balaban J connectivity index is 1.73. The lowest BCUT2D eigenvalue weighted by molar-refractivity contribution is -0.172. The van der Waals surface area contributed by atoms with Gasteiger partial charge in [0.1, 0.15) is 5.41 Å². The number of ether oxygens (including phenoxy) is 1. The summed E-state index contributed by atoms with van der Waals surface area (Å²) in [5, 5.41) is 30.6. The van der Waals surface area contributed by atoms with Crippen LogP contribution >= 0.6 is 0 Å². The van der Waals surface area contributed by atoms with Gasteiger partial charge in [-0.25, -0.2) is 0 Å². The Morgan fingerprint density at radius 1 is 1.17 bits per heavy atom. The number of carboxylic acid groups (broad SMARTS) is 1. The average molecular weight is 405 g/mol. The van der Waals surface area contributed by atoms with Crippen molar-refractivity contribution in [3.8, 4) is 0 Å². The largest absolute Gasteiger partial charge is 0.481 e. The van der Waals surface area contributed by atoms with Crippen molar-refractivity contribution in [1.82, 2.24) is 4.90 Å². The van der Waals surface area contributed by atoms with Crippen LogP contribution in [0.3, 0.4) is 0 Å². The molecule has 1 amide bonds. The van der Waals surface area contributed by atoms with Crippen molar-refractivity contribution in [2.75, 3.05) is 32.9 Å². The lowest BCUT2D eigenvalue weighted by Gasteiger charge is -2.47. The lowest BCUT2D eigenvalue weighted by atomic mass is 9.72. The van der Waals surface area contributed by atoms with Crippen molar-refractivity contribution in [3.05, 3.63) is 35.9 Å². The van der Waals surface area contributed by atoms with Crippen molar-refractivity contribution >= 4 is 11.9 Å². The molecule has 0 aliphatic carbocycles. The molecule has 0 radical (unpaired) electrons. The molecule has 2 fully saturated rings. The fourth-order valence-electron chi connectivity index (χ4n) is 4.61. The van der Waals surface area contributed by atoms with Crippen LogP contribution < -0.4 is 0 Å². The number of carboxylic acids is 1. The predicted octanol–water partition coefficient (Wildman–Crippen LogP) is 1.46. The first-order chi connectivity index (χ1) is 13.9. The Hall–Kier alpha value is -1.96. The maximum Gasteiger partial charge on any atom is 0.314 e. The van der Waals surface area contributed by atoms with Gasteiger partial charge < -0.3 is 25.0 Å². The zero-order valence-electron chi connectivity index (χ0n) is 16.8. The highest BCUT2D eigenvalue weighted by Gasteiger charge is 2.52. The number of hydrogen-bond donors (Lipinski definition) is 3. The number of aryl methyl sites for hydroxylation is 1. The maximum atomic E-state index is 13.3. The number of aliphatic hydroxyl groups excluding tert-OH is 2. The van der Waals surface area contributed by atoms with Gasteiger partial charge in [0.25, 0.3) is 0 Å². The van der Waals surface area contributed by atoms with Crippen molar-refractivity contribution in [3.63, 3.8) is 0 Å². The zero-order valence-corrected chi connectivity index (χ0v) is 16.8. The van der Waals surface area contributed by atoms with E-state index in [1.807, 2.05) is 30.3 Å². The van der Waals surface area contributed by atoms with E-state index in [2.05, 4.69) is 0 Å². The van der Waals surface area contributed by atoms with Crippen LogP contribution in [0, 0.1) is 10.8 Å². The fourth-order valence-corrected chi connectivity index (χ4v) is 4.61. The highest BCUT2D eigenvalue weighted by atomic mass is 16.5. The molecule has 0 saturated carbocycles. The summed E-state index contributed by atoms with van der Waals surface area (Å²) in [7, 11) is 0. The van der Waals surface area contributed by atoms with Gasteiger partial charge in [-0.05, 0) is 44.1 Å². The molecule has 3 N–H and O–H groups in total. The topological polar surface area (TPSA) is 107 Å². The van der Waals surface area contributed by atoms with E-state index in [9.17, 15) is 24.9 Å². The summed E-state index contributed by atoms with van der Waals surface area (Å²) in [6.45, 7) is 0.812. The van der Waals surface area contributed by atoms with E-state index in [1.165, 1.54) is 0 Å². The van der Waals surface area contributed by atoms with Crippen LogP contribution in [0.25, 0.3) is 0 Å². The van der Waals surface area contributed by atoms with Crippen LogP contribution in [0.15, 0.2) is 30.3 Å². The van der Waals surface area contributed by atoms with E-state index in [0.29, 0.717) is 45.4 Å². The number of aliphatic carboxylic acids is 1. The number of aliphatic hydroxyl groups is 2. The van der Waals surface area contributed by atoms with Gasteiger partial charge in [0.2, 0.25) is 5.91 Å². The quantitative estimate of drug-likeness (QED) is 0.634. The summed E-state index contributed by atoms with van der Waals surface area (Å²) in [6.07, 6.45) is 1.69. The SMILES string of the molecule is O=C(N1CC[C@@H](O)[C@](CCCc2ccccc2)(C(=O)O)C1)C1(CO)CCOCC1. The molecule has 0 bridgehead atoms. The zero-order chi connectivity index (χ0) is 20.9. The van der Waals surface area contributed by atoms with E-state index >= 15 is 0 Å². The van der Waals surface area contributed by atoms with Crippen LogP contribution in [0.2, 0.25) is 0 Å². The highest BCUT2D eigenvalue weighted by Crippen LogP contribution is 2.39.